The van der Waals surface area contributed by atoms with Gasteiger partial charge in [-0.1, -0.05) is 6.92 Å². The van der Waals surface area contributed by atoms with Gasteiger partial charge in [0.05, 0.1) is 0 Å². The van der Waals surface area contributed by atoms with E-state index in [2.05, 4.69) is 9.71 Å². The molecule has 0 fully saturated rings. The summed E-state index contributed by atoms with van der Waals surface area (Å²) in [6.45, 7) is 4.98. The lowest BCUT2D eigenvalue weighted by Gasteiger charge is -2.09. The van der Waals surface area contributed by atoms with Crippen LogP contribution in [0.4, 0.5) is 0 Å². The van der Waals surface area contributed by atoms with Gasteiger partial charge in [-0.15, -0.1) is 11.3 Å². The van der Waals surface area contributed by atoms with Crippen molar-refractivity contribution in [3.63, 3.8) is 0 Å². The standard InChI is InChI=1S/C17H25N3O3S2/c1-5-13-11-14(12(2)19-17(13)21)15-7-8-16(24-15)25(22,23)18-9-6-10-20(3)4/h7-8,11,18H,5-6,9-10H2,1-4H3,(H,19,21). The van der Waals surface area contributed by atoms with Gasteiger partial charge in [-0.25, -0.2) is 13.1 Å². The molecule has 0 saturated heterocycles. The van der Waals surface area contributed by atoms with Crippen LogP contribution in [0.2, 0.25) is 0 Å². The highest BCUT2D eigenvalue weighted by atomic mass is 32.2. The van der Waals surface area contributed by atoms with Gasteiger partial charge >= 0.3 is 0 Å². The summed E-state index contributed by atoms with van der Waals surface area (Å²) < 4.78 is 27.8. The molecule has 2 rings (SSSR count). The number of aromatic amines is 1. The zero-order valence-electron chi connectivity index (χ0n) is 15.0. The van der Waals surface area contributed by atoms with Crippen LogP contribution in [0.15, 0.2) is 27.2 Å². The first kappa shape index (κ1) is 19.8. The summed E-state index contributed by atoms with van der Waals surface area (Å²) in [6, 6.07) is 5.25. The van der Waals surface area contributed by atoms with Gasteiger partial charge in [0.1, 0.15) is 4.21 Å². The number of aryl methyl sites for hydroxylation is 2. The Morgan fingerprint density at radius 1 is 1.28 bits per heavy atom. The van der Waals surface area contributed by atoms with E-state index in [0.717, 1.165) is 29.1 Å². The molecule has 6 nitrogen and oxygen atoms in total. The number of thiophene rings is 1. The summed E-state index contributed by atoms with van der Waals surface area (Å²) in [5.41, 5.74) is 2.22. The highest BCUT2D eigenvalue weighted by molar-refractivity contribution is 7.91. The molecule has 0 saturated carbocycles. The van der Waals surface area contributed by atoms with Crippen LogP contribution in [0, 0.1) is 6.92 Å². The molecule has 138 valence electrons. The van der Waals surface area contributed by atoms with Gasteiger partial charge < -0.3 is 9.88 Å². The van der Waals surface area contributed by atoms with Crippen LogP contribution in [0.3, 0.4) is 0 Å². The van der Waals surface area contributed by atoms with Gasteiger partial charge in [0.25, 0.3) is 5.56 Å². The number of pyridine rings is 1. The molecular weight excluding hydrogens is 358 g/mol. The van der Waals surface area contributed by atoms with E-state index in [0.29, 0.717) is 18.5 Å². The Balaban J connectivity index is 2.21. The largest absolute Gasteiger partial charge is 0.326 e. The molecule has 2 aromatic rings. The smallest absolute Gasteiger partial charge is 0.251 e. The highest BCUT2D eigenvalue weighted by Gasteiger charge is 2.18. The van der Waals surface area contributed by atoms with Crippen molar-refractivity contribution >= 4 is 21.4 Å². The number of hydrogen-bond donors (Lipinski definition) is 2. The van der Waals surface area contributed by atoms with Gasteiger partial charge in [-0.05, 0) is 58.6 Å². The maximum absolute atomic E-state index is 12.4. The number of H-pyrrole nitrogens is 1. The van der Waals surface area contributed by atoms with Crippen LogP contribution in [0.1, 0.15) is 24.6 Å². The average molecular weight is 384 g/mol. The number of nitrogens with one attached hydrogen (secondary N) is 2. The third-order valence-corrected chi connectivity index (χ3v) is 6.95. The fourth-order valence-electron chi connectivity index (χ4n) is 2.47. The van der Waals surface area contributed by atoms with Crippen molar-refractivity contribution in [3.05, 3.63) is 39.8 Å². The van der Waals surface area contributed by atoms with E-state index in [1.165, 1.54) is 11.3 Å². The Morgan fingerprint density at radius 3 is 2.64 bits per heavy atom. The molecule has 0 amide bonds. The summed E-state index contributed by atoms with van der Waals surface area (Å²) in [4.78, 5) is 17.5. The molecule has 8 heteroatoms. The lowest BCUT2D eigenvalue weighted by atomic mass is 10.1. The normalized spacial score (nSPS) is 12.0. The molecular formula is C17H25N3O3S2. The summed E-state index contributed by atoms with van der Waals surface area (Å²) in [6.07, 6.45) is 1.38. The Morgan fingerprint density at radius 2 is 2.00 bits per heavy atom. The number of nitrogens with zero attached hydrogens (tertiary/aromatic N) is 1. The van der Waals surface area contributed by atoms with Crippen molar-refractivity contribution in [2.75, 3.05) is 27.2 Å². The zero-order valence-corrected chi connectivity index (χ0v) is 16.7. The van der Waals surface area contributed by atoms with Crippen LogP contribution in [0.25, 0.3) is 10.4 Å². The van der Waals surface area contributed by atoms with Gasteiger partial charge in [-0.2, -0.15) is 0 Å². The van der Waals surface area contributed by atoms with Crippen molar-refractivity contribution in [2.24, 2.45) is 0 Å². The van der Waals surface area contributed by atoms with Crippen LogP contribution in [-0.2, 0) is 16.4 Å². The van der Waals surface area contributed by atoms with Crippen molar-refractivity contribution < 1.29 is 8.42 Å². The second kappa shape index (κ2) is 8.27. The number of aromatic nitrogens is 1. The Bertz CT molecular complexity index is 883. The maximum atomic E-state index is 12.4. The second-order valence-corrected chi connectivity index (χ2v) is 9.27. The fraction of sp³-hybridized carbons (Fsp3) is 0.471. The third kappa shape index (κ3) is 5.01. The molecule has 0 aromatic carbocycles. The first-order chi connectivity index (χ1) is 11.7. The first-order valence-corrected chi connectivity index (χ1v) is 10.5. The molecule has 0 aliphatic carbocycles. The topological polar surface area (TPSA) is 82.3 Å². The molecule has 0 spiro atoms. The molecule has 0 aliphatic heterocycles. The van der Waals surface area contributed by atoms with E-state index in [9.17, 15) is 13.2 Å². The molecule has 25 heavy (non-hydrogen) atoms. The third-order valence-electron chi connectivity index (χ3n) is 3.88. The van der Waals surface area contributed by atoms with Crippen molar-refractivity contribution in [1.29, 1.82) is 0 Å². The van der Waals surface area contributed by atoms with E-state index in [-0.39, 0.29) is 9.77 Å². The number of hydrogen-bond acceptors (Lipinski definition) is 5. The lowest BCUT2D eigenvalue weighted by Crippen LogP contribution is -2.26. The number of sulfonamides is 1. The molecule has 2 aromatic heterocycles. The van der Waals surface area contributed by atoms with E-state index in [1.54, 1.807) is 12.1 Å². The summed E-state index contributed by atoms with van der Waals surface area (Å²) in [5, 5.41) is 0. The molecule has 0 atom stereocenters. The van der Waals surface area contributed by atoms with Gasteiger partial charge in [-0.3, -0.25) is 4.79 Å². The lowest BCUT2D eigenvalue weighted by molar-refractivity contribution is 0.400. The molecule has 0 bridgehead atoms. The zero-order chi connectivity index (χ0) is 18.6. The van der Waals surface area contributed by atoms with E-state index in [1.807, 2.05) is 38.9 Å². The summed E-state index contributed by atoms with van der Waals surface area (Å²) in [7, 11) is 0.407. The van der Waals surface area contributed by atoms with Crippen LogP contribution >= 0.6 is 11.3 Å². The molecule has 0 radical (unpaired) electrons. The minimum absolute atomic E-state index is 0.0873. The Labute approximate surface area is 153 Å². The van der Waals surface area contributed by atoms with Crippen LogP contribution < -0.4 is 10.3 Å². The van der Waals surface area contributed by atoms with E-state index >= 15 is 0 Å². The Hall–Kier alpha value is -1.48. The highest BCUT2D eigenvalue weighted by Crippen LogP contribution is 2.32. The van der Waals surface area contributed by atoms with Crippen LogP contribution in [0.5, 0.6) is 0 Å². The van der Waals surface area contributed by atoms with E-state index in [4.69, 9.17) is 0 Å². The SMILES string of the molecule is CCc1cc(-c2ccc(S(=O)(=O)NCCCN(C)C)s2)c(C)[nH]c1=O. The molecule has 0 unspecified atom stereocenters. The summed E-state index contributed by atoms with van der Waals surface area (Å²) >= 11 is 1.21. The minimum Gasteiger partial charge on any atom is -0.326 e. The number of rotatable bonds is 8. The maximum Gasteiger partial charge on any atom is 0.251 e. The Kier molecular flexibility index (Phi) is 6.56. The second-order valence-electron chi connectivity index (χ2n) is 6.19. The summed E-state index contributed by atoms with van der Waals surface area (Å²) in [5.74, 6) is 0. The predicted molar refractivity (Wildman–Crippen MR) is 103 cm³/mol. The quantitative estimate of drug-likeness (QED) is 0.685. The van der Waals surface area contributed by atoms with E-state index < -0.39 is 10.0 Å². The van der Waals surface area contributed by atoms with Gasteiger partial charge in [0, 0.05) is 28.2 Å². The van der Waals surface area contributed by atoms with Crippen molar-refractivity contribution in [1.82, 2.24) is 14.6 Å². The van der Waals surface area contributed by atoms with Crippen LogP contribution in [-0.4, -0.2) is 45.5 Å². The van der Waals surface area contributed by atoms with Gasteiger partial charge in [0.2, 0.25) is 10.0 Å². The van der Waals surface area contributed by atoms with Crippen molar-refractivity contribution in [3.8, 4) is 10.4 Å². The average Bonchev–Trinajstić information content (AvgIpc) is 3.02. The molecule has 2 N–H and O–H groups in total. The molecule has 2 heterocycles. The van der Waals surface area contributed by atoms with Crippen molar-refractivity contribution in [2.45, 2.75) is 30.9 Å². The molecule has 0 aliphatic rings. The fourth-order valence-corrected chi connectivity index (χ4v) is 4.97. The van der Waals surface area contributed by atoms with Gasteiger partial charge in [0.15, 0.2) is 0 Å². The first-order valence-electron chi connectivity index (χ1n) is 8.22. The predicted octanol–water partition coefficient (Wildman–Crippen LogP) is 2.20. The minimum atomic E-state index is -3.50. The monoisotopic (exact) mass is 383 g/mol.